The van der Waals surface area contributed by atoms with Crippen molar-refractivity contribution in [3.63, 3.8) is 0 Å². The maximum Gasteiger partial charge on any atom is 0.119 e. The van der Waals surface area contributed by atoms with Crippen LogP contribution in [0.2, 0.25) is 0 Å². The van der Waals surface area contributed by atoms with Gasteiger partial charge >= 0.3 is 0 Å². The Labute approximate surface area is 160 Å². The molecule has 1 aromatic carbocycles. The molecular formula is C24H35NO. The Morgan fingerprint density at radius 2 is 1.73 bits per heavy atom. The van der Waals surface area contributed by atoms with E-state index in [0.29, 0.717) is 0 Å². The quantitative estimate of drug-likeness (QED) is 0.380. The first-order chi connectivity index (χ1) is 12.7. The molecule has 0 aliphatic heterocycles. The highest BCUT2D eigenvalue weighted by Crippen LogP contribution is 2.22. The number of unbranched alkanes of at least 4 members (excludes halogenated alkanes) is 3. The summed E-state index contributed by atoms with van der Waals surface area (Å²) < 4.78 is 5.85. The molecule has 0 fully saturated rings. The second-order valence-corrected chi connectivity index (χ2v) is 7.39. The zero-order chi connectivity index (χ0) is 18.6. The van der Waals surface area contributed by atoms with E-state index in [1.54, 1.807) is 0 Å². The third-order valence-electron chi connectivity index (χ3n) is 5.10. The van der Waals surface area contributed by atoms with Crippen LogP contribution < -0.4 is 4.74 Å². The number of aromatic nitrogens is 1. The number of pyridine rings is 1. The molecule has 0 N–H and O–H groups in total. The molecule has 0 saturated carbocycles. The maximum atomic E-state index is 5.85. The van der Waals surface area contributed by atoms with E-state index in [4.69, 9.17) is 4.74 Å². The Bertz CT molecular complexity index is 603. The fourth-order valence-corrected chi connectivity index (χ4v) is 3.05. The Morgan fingerprint density at radius 1 is 0.923 bits per heavy atom. The lowest BCUT2D eigenvalue weighted by Crippen LogP contribution is -2.00. The lowest BCUT2D eigenvalue weighted by atomic mass is 10.0. The van der Waals surface area contributed by atoms with Crippen molar-refractivity contribution in [2.75, 3.05) is 6.61 Å². The molecule has 0 aliphatic carbocycles. The van der Waals surface area contributed by atoms with Crippen molar-refractivity contribution in [2.24, 2.45) is 5.92 Å². The summed E-state index contributed by atoms with van der Waals surface area (Å²) >= 11 is 0. The first-order valence-corrected chi connectivity index (χ1v) is 10.4. The fraction of sp³-hybridized carbons (Fsp3) is 0.542. The van der Waals surface area contributed by atoms with Gasteiger partial charge in [0, 0.05) is 11.8 Å². The third kappa shape index (κ3) is 7.19. The molecule has 0 spiro atoms. The van der Waals surface area contributed by atoms with E-state index >= 15 is 0 Å². The van der Waals surface area contributed by atoms with Gasteiger partial charge in [0.05, 0.1) is 12.3 Å². The van der Waals surface area contributed by atoms with Crippen molar-refractivity contribution in [1.29, 1.82) is 0 Å². The minimum atomic E-state index is 0.793. The zero-order valence-electron chi connectivity index (χ0n) is 16.8. The van der Waals surface area contributed by atoms with Gasteiger partial charge in [-0.2, -0.15) is 0 Å². The highest BCUT2D eigenvalue weighted by Gasteiger charge is 2.02. The zero-order valence-corrected chi connectivity index (χ0v) is 16.8. The van der Waals surface area contributed by atoms with Crippen LogP contribution in [0.4, 0.5) is 0 Å². The van der Waals surface area contributed by atoms with Gasteiger partial charge in [0.25, 0.3) is 0 Å². The summed E-state index contributed by atoms with van der Waals surface area (Å²) in [5.41, 5.74) is 3.52. The highest BCUT2D eigenvalue weighted by molar-refractivity contribution is 5.60. The average molecular weight is 354 g/mol. The van der Waals surface area contributed by atoms with E-state index in [1.165, 1.54) is 44.1 Å². The van der Waals surface area contributed by atoms with Crippen LogP contribution in [0.25, 0.3) is 11.3 Å². The summed E-state index contributed by atoms with van der Waals surface area (Å²) in [6.45, 7) is 7.60. The van der Waals surface area contributed by atoms with Crippen molar-refractivity contribution in [2.45, 2.75) is 72.1 Å². The number of nitrogens with zero attached hydrogens (tertiary/aromatic N) is 1. The fourth-order valence-electron chi connectivity index (χ4n) is 3.05. The number of hydrogen-bond donors (Lipinski definition) is 0. The first kappa shape index (κ1) is 20.5. The smallest absolute Gasteiger partial charge is 0.119 e. The van der Waals surface area contributed by atoms with E-state index in [-0.39, 0.29) is 0 Å². The second kappa shape index (κ2) is 11.7. The number of ether oxygens (including phenoxy) is 1. The van der Waals surface area contributed by atoms with Gasteiger partial charge < -0.3 is 4.74 Å². The molecule has 2 rings (SSSR count). The van der Waals surface area contributed by atoms with Gasteiger partial charge in [0.2, 0.25) is 0 Å². The summed E-state index contributed by atoms with van der Waals surface area (Å²) in [6.07, 6.45) is 12.0. The molecule has 0 amide bonds. The summed E-state index contributed by atoms with van der Waals surface area (Å²) in [6, 6.07) is 12.7. The molecule has 1 aromatic heterocycles. The van der Waals surface area contributed by atoms with Crippen molar-refractivity contribution in [3.8, 4) is 17.0 Å². The summed E-state index contributed by atoms with van der Waals surface area (Å²) in [5, 5.41) is 0. The van der Waals surface area contributed by atoms with Crippen LogP contribution in [0.1, 0.15) is 71.3 Å². The maximum absolute atomic E-state index is 5.85. The van der Waals surface area contributed by atoms with E-state index in [9.17, 15) is 0 Å². The van der Waals surface area contributed by atoms with E-state index in [1.807, 2.05) is 6.20 Å². The lowest BCUT2D eigenvalue weighted by Gasteiger charge is -2.10. The van der Waals surface area contributed by atoms with Gasteiger partial charge in [-0.1, -0.05) is 52.5 Å². The Balaban J connectivity index is 1.80. The third-order valence-corrected chi connectivity index (χ3v) is 5.10. The topological polar surface area (TPSA) is 22.1 Å². The molecule has 1 heterocycles. The molecule has 2 heteroatoms. The minimum absolute atomic E-state index is 0.793. The molecule has 0 aliphatic rings. The Hall–Kier alpha value is -1.83. The van der Waals surface area contributed by atoms with Crippen LogP contribution in [0.3, 0.4) is 0 Å². The summed E-state index contributed by atoms with van der Waals surface area (Å²) in [7, 11) is 0. The molecule has 1 atom stereocenters. The van der Waals surface area contributed by atoms with Crippen LogP contribution in [0.5, 0.6) is 5.75 Å². The molecule has 1 unspecified atom stereocenters. The van der Waals surface area contributed by atoms with E-state index in [2.05, 4.69) is 62.2 Å². The van der Waals surface area contributed by atoms with Crippen LogP contribution in [0, 0.1) is 5.92 Å². The minimum Gasteiger partial charge on any atom is -0.494 e. The Kier molecular flexibility index (Phi) is 9.23. The first-order valence-electron chi connectivity index (χ1n) is 10.4. The number of aryl methyl sites for hydroxylation is 1. The molecule has 2 aromatic rings. The number of rotatable bonds is 12. The lowest BCUT2D eigenvalue weighted by molar-refractivity contribution is 0.294. The molecular weight excluding hydrogens is 318 g/mol. The molecule has 0 saturated heterocycles. The monoisotopic (exact) mass is 353 g/mol. The standard InChI is InChI=1S/C24H35NO/c1-4-6-7-8-11-21-12-17-24(25-19-21)22-13-15-23(16-14-22)26-18-9-10-20(3)5-2/h12-17,19-20H,4-11,18H2,1-3H3. The van der Waals surface area contributed by atoms with Crippen molar-refractivity contribution >= 4 is 0 Å². The molecule has 142 valence electrons. The normalized spacial score (nSPS) is 12.1. The average Bonchev–Trinajstić information content (AvgIpc) is 2.69. The SMILES string of the molecule is CCCCCCc1ccc(-c2ccc(OCCCC(C)CC)cc2)nc1. The summed E-state index contributed by atoms with van der Waals surface area (Å²) in [4.78, 5) is 4.64. The molecule has 0 radical (unpaired) electrons. The van der Waals surface area contributed by atoms with Crippen molar-refractivity contribution in [3.05, 3.63) is 48.2 Å². The van der Waals surface area contributed by atoms with Crippen molar-refractivity contribution < 1.29 is 4.74 Å². The van der Waals surface area contributed by atoms with E-state index in [0.717, 1.165) is 42.4 Å². The van der Waals surface area contributed by atoms with Gasteiger partial charge in [-0.05, 0) is 67.5 Å². The van der Waals surface area contributed by atoms with Crippen LogP contribution in [-0.4, -0.2) is 11.6 Å². The van der Waals surface area contributed by atoms with Gasteiger partial charge in [-0.25, -0.2) is 0 Å². The number of hydrogen-bond acceptors (Lipinski definition) is 2. The van der Waals surface area contributed by atoms with Crippen LogP contribution in [-0.2, 0) is 6.42 Å². The van der Waals surface area contributed by atoms with E-state index < -0.39 is 0 Å². The van der Waals surface area contributed by atoms with Gasteiger partial charge in [0.1, 0.15) is 5.75 Å². The molecule has 2 nitrogen and oxygen atoms in total. The Morgan fingerprint density at radius 3 is 2.38 bits per heavy atom. The number of benzene rings is 1. The van der Waals surface area contributed by atoms with Crippen molar-refractivity contribution in [1.82, 2.24) is 4.98 Å². The predicted molar refractivity (Wildman–Crippen MR) is 112 cm³/mol. The van der Waals surface area contributed by atoms with Crippen LogP contribution >= 0.6 is 0 Å². The van der Waals surface area contributed by atoms with Gasteiger partial charge in [-0.3, -0.25) is 4.98 Å². The second-order valence-electron chi connectivity index (χ2n) is 7.39. The van der Waals surface area contributed by atoms with Crippen LogP contribution in [0.15, 0.2) is 42.6 Å². The molecule has 26 heavy (non-hydrogen) atoms. The molecule has 0 bridgehead atoms. The largest absolute Gasteiger partial charge is 0.494 e. The van der Waals surface area contributed by atoms with Gasteiger partial charge in [0.15, 0.2) is 0 Å². The summed E-state index contributed by atoms with van der Waals surface area (Å²) in [5.74, 6) is 1.74. The van der Waals surface area contributed by atoms with Gasteiger partial charge in [-0.15, -0.1) is 0 Å². The highest BCUT2D eigenvalue weighted by atomic mass is 16.5. The predicted octanol–water partition coefficient (Wildman–Crippen LogP) is 7.08.